The van der Waals surface area contributed by atoms with Gasteiger partial charge in [-0.25, -0.2) is 0 Å². The highest BCUT2D eigenvalue weighted by Crippen LogP contribution is 2.36. The Bertz CT molecular complexity index is 1060. The summed E-state index contributed by atoms with van der Waals surface area (Å²) in [6.07, 6.45) is 1.50. The molecule has 4 rings (SSSR count). The van der Waals surface area contributed by atoms with Crippen LogP contribution >= 0.6 is 22.9 Å². The quantitative estimate of drug-likeness (QED) is 0.605. The second-order valence-corrected chi connectivity index (χ2v) is 7.36. The van der Waals surface area contributed by atoms with Crippen LogP contribution in [0.1, 0.15) is 10.6 Å². The molecule has 8 heteroatoms. The van der Waals surface area contributed by atoms with E-state index in [1.54, 1.807) is 36.4 Å². The van der Waals surface area contributed by atoms with Gasteiger partial charge in [-0.3, -0.25) is 14.5 Å². The molecule has 3 aromatic rings. The second-order valence-electron chi connectivity index (χ2n) is 5.97. The van der Waals surface area contributed by atoms with Crippen molar-refractivity contribution in [3.05, 3.63) is 75.5 Å². The van der Waals surface area contributed by atoms with Crippen LogP contribution in [0.25, 0.3) is 5.57 Å². The number of ether oxygens (including phenoxy) is 1. The van der Waals surface area contributed by atoms with Crippen LogP contribution in [0.2, 0.25) is 5.02 Å². The lowest BCUT2D eigenvalue weighted by atomic mass is 10.2. The Morgan fingerprint density at radius 2 is 2.04 bits per heavy atom. The summed E-state index contributed by atoms with van der Waals surface area (Å²) in [6.45, 7) is 0.0530. The summed E-state index contributed by atoms with van der Waals surface area (Å²) < 4.78 is 10.6. The topological polar surface area (TPSA) is 71.8 Å². The maximum Gasteiger partial charge on any atom is 0.278 e. The van der Waals surface area contributed by atoms with Gasteiger partial charge in [0.2, 0.25) is 0 Å². The SMILES string of the molecule is COc1ccc(Cl)cc1NC1=C(c2cccs2)C(=O)N(Cc2ccco2)C1=O. The first-order chi connectivity index (χ1) is 13.6. The Hall–Kier alpha value is -3.03. The van der Waals surface area contributed by atoms with Gasteiger partial charge in [-0.2, -0.15) is 0 Å². The van der Waals surface area contributed by atoms with Gasteiger partial charge >= 0.3 is 0 Å². The molecular formula is C20H15ClN2O4S. The molecule has 0 atom stereocenters. The Kier molecular flexibility index (Phi) is 4.93. The zero-order valence-electron chi connectivity index (χ0n) is 14.8. The molecule has 0 saturated carbocycles. The standard InChI is InChI=1S/C20H15ClN2O4S/c1-26-15-7-6-12(21)10-14(15)22-18-17(16-5-3-9-28-16)19(24)23(20(18)25)11-13-4-2-8-27-13/h2-10,22H,11H2,1H3. The first-order valence-electron chi connectivity index (χ1n) is 8.35. The first kappa shape index (κ1) is 18.3. The van der Waals surface area contributed by atoms with Crippen molar-refractivity contribution in [1.82, 2.24) is 4.90 Å². The van der Waals surface area contributed by atoms with Gasteiger partial charge in [0.15, 0.2) is 0 Å². The van der Waals surface area contributed by atoms with E-state index in [0.29, 0.717) is 32.7 Å². The van der Waals surface area contributed by atoms with Crippen LogP contribution in [-0.4, -0.2) is 23.8 Å². The Morgan fingerprint density at radius 1 is 1.18 bits per heavy atom. The third-order valence-electron chi connectivity index (χ3n) is 4.25. The van der Waals surface area contributed by atoms with Gasteiger partial charge in [0, 0.05) is 9.90 Å². The molecule has 0 unspecified atom stereocenters. The van der Waals surface area contributed by atoms with Crippen molar-refractivity contribution in [2.45, 2.75) is 6.54 Å². The molecule has 3 heterocycles. The highest BCUT2D eigenvalue weighted by atomic mass is 35.5. The van der Waals surface area contributed by atoms with Crippen LogP contribution in [0, 0.1) is 0 Å². The number of thiophene rings is 1. The molecule has 6 nitrogen and oxygen atoms in total. The number of imide groups is 1. The number of hydrogen-bond donors (Lipinski definition) is 1. The lowest BCUT2D eigenvalue weighted by Crippen LogP contribution is -2.31. The van der Waals surface area contributed by atoms with E-state index in [1.807, 2.05) is 11.4 Å². The minimum atomic E-state index is -0.438. The average Bonchev–Trinajstić information content (AvgIpc) is 3.42. The van der Waals surface area contributed by atoms with E-state index in [9.17, 15) is 9.59 Å². The first-order valence-corrected chi connectivity index (χ1v) is 9.61. The van der Waals surface area contributed by atoms with Crippen molar-refractivity contribution >= 4 is 46.0 Å². The Labute approximate surface area is 170 Å². The third kappa shape index (κ3) is 3.30. The van der Waals surface area contributed by atoms with E-state index < -0.39 is 5.91 Å². The normalized spacial score (nSPS) is 14.1. The number of carbonyl (C=O) groups excluding carboxylic acids is 2. The highest BCUT2D eigenvalue weighted by Gasteiger charge is 2.40. The number of furan rings is 1. The number of anilines is 1. The molecule has 1 aliphatic heterocycles. The minimum absolute atomic E-state index is 0.0530. The van der Waals surface area contributed by atoms with Crippen molar-refractivity contribution in [2.75, 3.05) is 12.4 Å². The number of halogens is 1. The van der Waals surface area contributed by atoms with Gasteiger partial charge in [-0.1, -0.05) is 17.7 Å². The van der Waals surface area contributed by atoms with Crippen molar-refractivity contribution in [2.24, 2.45) is 0 Å². The number of carbonyl (C=O) groups is 2. The maximum absolute atomic E-state index is 13.1. The maximum atomic E-state index is 13.1. The van der Waals surface area contributed by atoms with Gasteiger partial charge in [0.25, 0.3) is 11.8 Å². The zero-order chi connectivity index (χ0) is 19.7. The van der Waals surface area contributed by atoms with Gasteiger partial charge in [0.1, 0.15) is 17.2 Å². The largest absolute Gasteiger partial charge is 0.495 e. The van der Waals surface area contributed by atoms with Crippen LogP contribution in [-0.2, 0) is 16.1 Å². The highest BCUT2D eigenvalue weighted by molar-refractivity contribution is 7.11. The minimum Gasteiger partial charge on any atom is -0.495 e. The van der Waals surface area contributed by atoms with Gasteiger partial charge in [0.05, 0.1) is 31.2 Å². The number of hydrogen-bond acceptors (Lipinski definition) is 6. The van der Waals surface area contributed by atoms with Crippen molar-refractivity contribution in [1.29, 1.82) is 0 Å². The molecule has 0 radical (unpaired) electrons. The predicted octanol–water partition coefficient (Wildman–Crippen LogP) is 4.40. The summed E-state index contributed by atoms with van der Waals surface area (Å²) in [5.41, 5.74) is 0.994. The van der Waals surface area contributed by atoms with E-state index in [0.717, 1.165) is 4.90 Å². The van der Waals surface area contributed by atoms with E-state index >= 15 is 0 Å². The molecule has 1 N–H and O–H groups in total. The Morgan fingerprint density at radius 3 is 2.71 bits per heavy atom. The molecule has 2 aromatic heterocycles. The Balaban J connectivity index is 1.76. The predicted molar refractivity (Wildman–Crippen MR) is 107 cm³/mol. The smallest absolute Gasteiger partial charge is 0.278 e. The van der Waals surface area contributed by atoms with Crippen LogP contribution in [0.3, 0.4) is 0 Å². The fourth-order valence-corrected chi connectivity index (χ4v) is 3.90. The molecule has 0 saturated heterocycles. The van der Waals surface area contributed by atoms with Crippen LogP contribution in [0.15, 0.2) is 64.2 Å². The molecule has 2 amide bonds. The summed E-state index contributed by atoms with van der Waals surface area (Å²) in [5, 5.41) is 5.40. The molecule has 0 spiro atoms. The lowest BCUT2D eigenvalue weighted by Gasteiger charge is -2.14. The number of rotatable bonds is 6. The fourth-order valence-electron chi connectivity index (χ4n) is 2.96. The van der Waals surface area contributed by atoms with E-state index in [2.05, 4.69) is 5.32 Å². The van der Waals surface area contributed by atoms with Crippen LogP contribution < -0.4 is 10.1 Å². The average molecular weight is 415 g/mol. The number of nitrogens with one attached hydrogen (secondary N) is 1. The van der Waals surface area contributed by atoms with Crippen molar-refractivity contribution in [3.8, 4) is 5.75 Å². The number of nitrogens with zero attached hydrogens (tertiary/aromatic N) is 1. The monoisotopic (exact) mass is 414 g/mol. The van der Waals surface area contributed by atoms with Crippen LogP contribution in [0.5, 0.6) is 5.75 Å². The molecule has 28 heavy (non-hydrogen) atoms. The molecule has 1 aliphatic rings. The number of benzene rings is 1. The summed E-state index contributed by atoms with van der Waals surface area (Å²) >= 11 is 7.48. The molecule has 0 aliphatic carbocycles. The molecule has 142 valence electrons. The second kappa shape index (κ2) is 7.53. The lowest BCUT2D eigenvalue weighted by molar-refractivity contribution is -0.137. The van der Waals surface area contributed by atoms with E-state index in [1.165, 1.54) is 24.7 Å². The third-order valence-corrected chi connectivity index (χ3v) is 5.37. The number of amides is 2. The summed E-state index contributed by atoms with van der Waals surface area (Å²) in [5.74, 6) is 0.208. The fraction of sp³-hybridized carbons (Fsp3) is 0.100. The zero-order valence-corrected chi connectivity index (χ0v) is 16.3. The summed E-state index contributed by atoms with van der Waals surface area (Å²) in [7, 11) is 1.52. The molecule has 0 bridgehead atoms. The van der Waals surface area contributed by atoms with Crippen molar-refractivity contribution in [3.63, 3.8) is 0 Å². The van der Waals surface area contributed by atoms with Crippen LogP contribution in [0.4, 0.5) is 5.69 Å². The van der Waals surface area contributed by atoms with E-state index in [-0.39, 0.29) is 18.1 Å². The molecule has 0 fully saturated rings. The van der Waals surface area contributed by atoms with E-state index in [4.69, 9.17) is 20.8 Å². The number of methoxy groups -OCH3 is 1. The molecular weight excluding hydrogens is 400 g/mol. The van der Waals surface area contributed by atoms with Gasteiger partial charge in [-0.15, -0.1) is 11.3 Å². The summed E-state index contributed by atoms with van der Waals surface area (Å²) in [4.78, 5) is 28.0. The van der Waals surface area contributed by atoms with Gasteiger partial charge < -0.3 is 14.5 Å². The molecule has 1 aromatic carbocycles. The van der Waals surface area contributed by atoms with Crippen molar-refractivity contribution < 1.29 is 18.7 Å². The summed E-state index contributed by atoms with van der Waals surface area (Å²) in [6, 6.07) is 12.1. The van der Waals surface area contributed by atoms with Gasteiger partial charge in [-0.05, 0) is 41.8 Å².